The predicted molar refractivity (Wildman–Crippen MR) is 123 cm³/mol. The molecule has 1 atom stereocenters. The molecule has 4 aromatic rings. The zero-order valence-corrected chi connectivity index (χ0v) is 17.8. The molecule has 0 fully saturated rings. The van der Waals surface area contributed by atoms with Gasteiger partial charge >= 0.3 is 5.97 Å². The third-order valence-corrected chi connectivity index (χ3v) is 6.46. The summed E-state index contributed by atoms with van der Waals surface area (Å²) in [6.07, 6.45) is 0. The van der Waals surface area contributed by atoms with E-state index < -0.39 is 17.0 Å². The Hall–Kier alpha value is -2.86. The molecule has 0 amide bonds. The van der Waals surface area contributed by atoms with Crippen LogP contribution in [-0.4, -0.2) is 15.3 Å². The molecule has 0 heterocycles. The molecule has 4 nitrogen and oxygen atoms in total. The van der Waals surface area contributed by atoms with E-state index in [1.165, 1.54) is 0 Å². The lowest BCUT2D eigenvalue weighted by atomic mass is 9.96. The van der Waals surface area contributed by atoms with Crippen molar-refractivity contribution in [2.24, 2.45) is 0 Å². The number of halogens is 2. The van der Waals surface area contributed by atoms with Crippen molar-refractivity contribution >= 4 is 56.6 Å². The second kappa shape index (κ2) is 8.48. The molecule has 0 aliphatic carbocycles. The van der Waals surface area contributed by atoms with Crippen LogP contribution in [0.2, 0.25) is 10.0 Å². The van der Waals surface area contributed by atoms with Gasteiger partial charge in [-0.05, 0) is 52.9 Å². The predicted octanol–water partition coefficient (Wildman–Crippen LogP) is 6.65. The van der Waals surface area contributed by atoms with Gasteiger partial charge in [0.15, 0.2) is 11.0 Å². The molecule has 2 N–H and O–H groups in total. The Kier molecular flexibility index (Phi) is 5.77. The summed E-state index contributed by atoms with van der Waals surface area (Å²) in [6.45, 7) is 0. The maximum absolute atomic E-state index is 12.9. The minimum absolute atomic E-state index is 0.220. The van der Waals surface area contributed by atoms with Crippen LogP contribution >= 0.6 is 23.2 Å². The van der Waals surface area contributed by atoms with Gasteiger partial charge in [-0.15, -0.1) is 0 Å². The molecule has 30 heavy (non-hydrogen) atoms. The van der Waals surface area contributed by atoms with Crippen molar-refractivity contribution in [3.05, 3.63) is 94.5 Å². The summed E-state index contributed by atoms with van der Waals surface area (Å²) in [6, 6.07) is 23.0. The lowest BCUT2D eigenvalue weighted by Crippen LogP contribution is -2.06. The Balaban J connectivity index is 1.77. The number of nitrogens with one attached hydrogen (secondary N) is 1. The molecular formula is C23H15Cl2NO3S. The maximum Gasteiger partial charge on any atom is 0.335 e. The molecule has 0 aliphatic heterocycles. The molecule has 4 aromatic carbocycles. The fourth-order valence-electron chi connectivity index (χ4n) is 3.24. The number of anilines is 1. The summed E-state index contributed by atoms with van der Waals surface area (Å²) in [5.74, 6) is -0.977. The Morgan fingerprint density at radius 2 is 1.63 bits per heavy atom. The van der Waals surface area contributed by atoms with Crippen molar-refractivity contribution in [2.75, 3.05) is 4.72 Å². The van der Waals surface area contributed by atoms with E-state index in [2.05, 4.69) is 4.72 Å². The standard InChI is InChI=1S/C23H15Cl2NO3S/c24-16-8-11-22(20(25)13-16)30(29)26-21-10-9-17(18-6-1-2-7-19(18)21)14-4-3-5-15(12-14)23(27)28/h1-13,26H,(H,27,28). The minimum Gasteiger partial charge on any atom is -0.478 e. The highest BCUT2D eigenvalue weighted by atomic mass is 35.5. The minimum atomic E-state index is -1.59. The monoisotopic (exact) mass is 455 g/mol. The molecule has 0 saturated heterocycles. The van der Waals surface area contributed by atoms with Crippen molar-refractivity contribution < 1.29 is 14.1 Å². The van der Waals surface area contributed by atoms with Crippen LogP contribution in [0, 0.1) is 0 Å². The summed E-state index contributed by atoms with van der Waals surface area (Å²) in [5.41, 5.74) is 2.57. The summed E-state index contributed by atoms with van der Waals surface area (Å²) in [7, 11) is -1.59. The van der Waals surface area contributed by atoms with Gasteiger partial charge < -0.3 is 9.83 Å². The maximum atomic E-state index is 12.9. The van der Waals surface area contributed by atoms with Crippen LogP contribution in [0.15, 0.2) is 83.8 Å². The number of carboxylic acids is 1. The van der Waals surface area contributed by atoms with Crippen LogP contribution < -0.4 is 4.72 Å². The van der Waals surface area contributed by atoms with Crippen LogP contribution in [0.4, 0.5) is 5.69 Å². The number of carboxylic acid groups (broad SMARTS) is 1. The topological polar surface area (TPSA) is 66.4 Å². The van der Waals surface area contributed by atoms with Crippen molar-refractivity contribution in [3.8, 4) is 11.1 Å². The van der Waals surface area contributed by atoms with Crippen molar-refractivity contribution in [3.63, 3.8) is 0 Å². The van der Waals surface area contributed by atoms with Gasteiger partial charge in [0.25, 0.3) is 0 Å². The molecule has 0 spiro atoms. The van der Waals surface area contributed by atoms with E-state index in [-0.39, 0.29) is 5.56 Å². The molecule has 7 heteroatoms. The number of benzene rings is 4. The number of rotatable bonds is 5. The molecule has 4 rings (SSSR count). The van der Waals surface area contributed by atoms with Gasteiger partial charge in [-0.2, -0.15) is 0 Å². The first-order valence-electron chi connectivity index (χ1n) is 8.93. The van der Waals surface area contributed by atoms with Gasteiger partial charge in [0, 0.05) is 10.4 Å². The van der Waals surface area contributed by atoms with Gasteiger partial charge in [0.05, 0.1) is 21.2 Å². The molecule has 150 valence electrons. The quantitative estimate of drug-likeness (QED) is 0.354. The lowest BCUT2D eigenvalue weighted by molar-refractivity contribution is 0.0697. The van der Waals surface area contributed by atoms with Gasteiger partial charge in [0.1, 0.15) is 0 Å². The fourth-order valence-corrected chi connectivity index (χ4v) is 4.77. The van der Waals surface area contributed by atoms with E-state index in [9.17, 15) is 14.1 Å². The Labute approximate surface area is 185 Å². The number of aromatic carboxylic acids is 1. The summed E-state index contributed by atoms with van der Waals surface area (Å²) >= 11 is 12.1. The molecule has 0 aromatic heterocycles. The molecular weight excluding hydrogens is 441 g/mol. The largest absolute Gasteiger partial charge is 0.478 e. The highest BCUT2D eigenvalue weighted by Gasteiger charge is 2.14. The van der Waals surface area contributed by atoms with E-state index in [0.717, 1.165) is 21.9 Å². The van der Waals surface area contributed by atoms with Crippen molar-refractivity contribution in [2.45, 2.75) is 4.90 Å². The zero-order chi connectivity index (χ0) is 21.3. The first-order valence-corrected chi connectivity index (χ1v) is 10.8. The second-order valence-electron chi connectivity index (χ2n) is 6.54. The van der Waals surface area contributed by atoms with Crippen LogP contribution in [0.5, 0.6) is 0 Å². The van der Waals surface area contributed by atoms with E-state index >= 15 is 0 Å². The van der Waals surface area contributed by atoms with Gasteiger partial charge in [-0.25, -0.2) is 9.00 Å². The first-order chi connectivity index (χ1) is 14.4. The first kappa shape index (κ1) is 20.4. The lowest BCUT2D eigenvalue weighted by Gasteiger charge is -2.14. The average molecular weight is 456 g/mol. The highest BCUT2D eigenvalue weighted by Crippen LogP contribution is 2.34. The van der Waals surface area contributed by atoms with Gasteiger partial charge in [0.2, 0.25) is 0 Å². The highest BCUT2D eigenvalue weighted by molar-refractivity contribution is 7.86. The SMILES string of the molecule is O=C(O)c1cccc(-c2ccc(NS(=O)c3ccc(Cl)cc3Cl)c3ccccc23)c1. The van der Waals surface area contributed by atoms with E-state index in [1.54, 1.807) is 36.4 Å². The molecule has 0 saturated carbocycles. The average Bonchev–Trinajstić information content (AvgIpc) is 2.74. The zero-order valence-electron chi connectivity index (χ0n) is 15.4. The van der Waals surface area contributed by atoms with Crippen LogP contribution in [0.3, 0.4) is 0 Å². The fraction of sp³-hybridized carbons (Fsp3) is 0. The van der Waals surface area contributed by atoms with E-state index in [0.29, 0.717) is 20.6 Å². The summed E-state index contributed by atoms with van der Waals surface area (Å²) in [5, 5.41) is 11.9. The number of hydrogen-bond acceptors (Lipinski definition) is 2. The number of carbonyl (C=O) groups is 1. The van der Waals surface area contributed by atoms with Gasteiger partial charge in [-0.3, -0.25) is 0 Å². The molecule has 1 unspecified atom stereocenters. The molecule has 0 aliphatic rings. The van der Waals surface area contributed by atoms with Crippen LogP contribution in [0.1, 0.15) is 10.4 Å². The van der Waals surface area contributed by atoms with Crippen LogP contribution in [-0.2, 0) is 11.0 Å². The van der Waals surface area contributed by atoms with Crippen molar-refractivity contribution in [1.29, 1.82) is 0 Å². The smallest absolute Gasteiger partial charge is 0.335 e. The van der Waals surface area contributed by atoms with Crippen molar-refractivity contribution in [1.82, 2.24) is 0 Å². The third kappa shape index (κ3) is 4.05. The van der Waals surface area contributed by atoms with Gasteiger partial charge in [-0.1, -0.05) is 65.7 Å². The molecule has 0 radical (unpaired) electrons. The molecule has 0 bridgehead atoms. The summed E-state index contributed by atoms with van der Waals surface area (Å²) in [4.78, 5) is 11.8. The van der Waals surface area contributed by atoms with E-state index in [4.69, 9.17) is 23.2 Å². The van der Waals surface area contributed by atoms with E-state index in [1.807, 2.05) is 42.5 Å². The number of fused-ring (bicyclic) bond motifs is 1. The Morgan fingerprint density at radius 1 is 0.867 bits per heavy atom. The normalized spacial score (nSPS) is 11.9. The summed E-state index contributed by atoms with van der Waals surface area (Å²) < 4.78 is 15.9. The Bertz CT molecular complexity index is 1310. The van der Waals surface area contributed by atoms with Crippen LogP contribution in [0.25, 0.3) is 21.9 Å². The second-order valence-corrected chi connectivity index (χ2v) is 8.56. The third-order valence-electron chi connectivity index (χ3n) is 4.64. The number of hydrogen-bond donors (Lipinski definition) is 2. The Morgan fingerprint density at radius 3 is 2.37 bits per heavy atom.